The van der Waals surface area contributed by atoms with Crippen LogP contribution in [0.1, 0.15) is 97.3 Å². The minimum absolute atomic E-state index is 0.0857. The van der Waals surface area contributed by atoms with Gasteiger partial charge < -0.3 is 69.2 Å². The highest BCUT2D eigenvalue weighted by molar-refractivity contribution is 7.98. The van der Waals surface area contributed by atoms with Gasteiger partial charge in [-0.05, 0) is 97.3 Å². The Balaban J connectivity index is 1.66. The molecule has 452 valence electrons. The molecular weight excluding hydrogens is 1090 g/mol. The molecule has 0 spiro atoms. The maximum absolute atomic E-state index is 14.8. The van der Waals surface area contributed by atoms with E-state index in [1.165, 1.54) is 43.0 Å². The van der Waals surface area contributed by atoms with E-state index in [0.717, 1.165) is 10.9 Å². The van der Waals surface area contributed by atoms with Crippen molar-refractivity contribution in [2.24, 2.45) is 29.2 Å². The van der Waals surface area contributed by atoms with E-state index >= 15 is 0 Å². The summed E-state index contributed by atoms with van der Waals surface area (Å²) in [6.45, 7) is 12.0. The number of nitrogens with two attached hydrogens (primary N) is 2. The number of carboxylic acid groups (broad SMARTS) is 1. The molecule has 0 bridgehead atoms. The van der Waals surface area contributed by atoms with E-state index in [-0.39, 0.29) is 56.1 Å². The zero-order chi connectivity index (χ0) is 61.5. The molecule has 83 heavy (non-hydrogen) atoms. The number of aromatic amines is 1. The average Bonchev–Trinajstić information content (AvgIpc) is 3.93. The summed E-state index contributed by atoms with van der Waals surface area (Å²) in [4.78, 5) is 141. The number of carbonyl (C=O) groups excluding carboxylic acids is 9. The van der Waals surface area contributed by atoms with E-state index in [9.17, 15) is 58.2 Å². The Bertz CT molecular complexity index is 2850. The van der Waals surface area contributed by atoms with Gasteiger partial charge >= 0.3 is 5.97 Å². The van der Waals surface area contributed by atoms with Crippen LogP contribution >= 0.6 is 11.8 Å². The van der Waals surface area contributed by atoms with Crippen LogP contribution in [0.3, 0.4) is 0 Å². The minimum atomic E-state index is -1.57. The number of amides is 9. The van der Waals surface area contributed by atoms with Crippen LogP contribution in [-0.4, -0.2) is 141 Å². The second-order valence-electron chi connectivity index (χ2n) is 21.9. The van der Waals surface area contributed by atoms with Gasteiger partial charge in [-0.15, -0.1) is 0 Å². The monoisotopic (exact) mass is 1170 g/mol. The summed E-state index contributed by atoms with van der Waals surface area (Å²) in [6, 6.07) is 10.1. The fourth-order valence-electron chi connectivity index (χ4n) is 9.04. The van der Waals surface area contributed by atoms with Crippen molar-refractivity contribution in [2.75, 3.05) is 12.0 Å². The number of fused-ring (bicyclic) bond motifs is 1. The van der Waals surface area contributed by atoms with Crippen molar-refractivity contribution < 1.29 is 58.2 Å². The summed E-state index contributed by atoms with van der Waals surface area (Å²) in [5.74, 6) is -8.70. The number of aromatic nitrogens is 1. The van der Waals surface area contributed by atoms with Gasteiger partial charge in [0.1, 0.15) is 54.1 Å². The van der Waals surface area contributed by atoms with E-state index in [0.29, 0.717) is 28.9 Å². The van der Waals surface area contributed by atoms with E-state index < -0.39 is 126 Å². The molecule has 0 aliphatic heterocycles. The molecule has 23 nitrogen and oxygen atoms in total. The third-order valence-corrected chi connectivity index (χ3v) is 14.2. The van der Waals surface area contributed by atoms with Crippen molar-refractivity contribution in [1.82, 2.24) is 47.5 Å². The third kappa shape index (κ3) is 22.4. The molecule has 1 heterocycles. The van der Waals surface area contributed by atoms with Gasteiger partial charge in [0.25, 0.3) is 0 Å². The van der Waals surface area contributed by atoms with Gasteiger partial charge in [0.05, 0.1) is 6.04 Å². The fraction of sp³-hybridized carbons (Fsp3) is 0.492. The Morgan fingerprint density at radius 1 is 0.530 bits per heavy atom. The summed E-state index contributed by atoms with van der Waals surface area (Å²) in [5, 5.41) is 41.9. The van der Waals surface area contributed by atoms with E-state index in [4.69, 9.17) is 11.5 Å². The van der Waals surface area contributed by atoms with Crippen molar-refractivity contribution in [2.45, 2.75) is 154 Å². The second-order valence-corrected chi connectivity index (χ2v) is 22.9. The molecule has 24 heteroatoms. The SMILES string of the molecule is CSCC[C@H](NC(=O)[C@@H](N)CC(C)C)C(=O)N[C@@H](CC(C)C)C(=O)N[C@@H](Cc1ccccc1)C(=O)N[C@@H](Cc1ccc(O)cc1)C(=O)N[C@@H](CCC(N)=O)C(=O)N[C@H](C(=O)N[C@@H](Cc1c[nH]c2ccccc12)C(=O)N[C@@H](C)C(=O)O)C(C)C. The predicted molar refractivity (Wildman–Crippen MR) is 316 cm³/mol. The van der Waals surface area contributed by atoms with E-state index in [1.54, 1.807) is 56.4 Å². The molecule has 0 aliphatic rings. The molecule has 0 saturated heterocycles. The number of aliphatic carboxylic acids is 1. The van der Waals surface area contributed by atoms with Crippen molar-refractivity contribution in [1.29, 1.82) is 0 Å². The fourth-order valence-corrected chi connectivity index (χ4v) is 9.51. The van der Waals surface area contributed by atoms with Crippen LogP contribution in [0.25, 0.3) is 10.9 Å². The molecular formula is C59H83N11O12S. The van der Waals surface area contributed by atoms with Crippen molar-refractivity contribution in [3.63, 3.8) is 0 Å². The number of H-pyrrole nitrogens is 1. The molecule has 4 aromatic rings. The highest BCUT2D eigenvalue weighted by atomic mass is 32.2. The summed E-state index contributed by atoms with van der Waals surface area (Å²) < 4.78 is 0. The van der Waals surface area contributed by atoms with Crippen LogP contribution in [0.4, 0.5) is 0 Å². The molecule has 0 radical (unpaired) electrons. The van der Waals surface area contributed by atoms with Crippen LogP contribution in [0.5, 0.6) is 5.75 Å². The highest BCUT2D eigenvalue weighted by Gasteiger charge is 2.36. The van der Waals surface area contributed by atoms with Crippen LogP contribution in [0, 0.1) is 17.8 Å². The van der Waals surface area contributed by atoms with Crippen molar-refractivity contribution in [3.05, 3.63) is 102 Å². The largest absolute Gasteiger partial charge is 0.508 e. The van der Waals surface area contributed by atoms with Gasteiger partial charge in [0.15, 0.2) is 0 Å². The Labute approximate surface area is 488 Å². The lowest BCUT2D eigenvalue weighted by atomic mass is 9.99. The zero-order valence-corrected chi connectivity index (χ0v) is 49.2. The first-order valence-electron chi connectivity index (χ1n) is 27.8. The number of thioether (sulfide) groups is 1. The molecule has 9 amide bonds. The molecule has 9 atom stereocenters. The van der Waals surface area contributed by atoms with Gasteiger partial charge in [-0.25, -0.2) is 0 Å². The van der Waals surface area contributed by atoms with Gasteiger partial charge in [0, 0.05) is 42.8 Å². The summed E-state index contributed by atoms with van der Waals surface area (Å²) in [5.41, 5.74) is 14.1. The number of carboxylic acids is 1. The molecule has 3 aromatic carbocycles. The Hall–Kier alpha value is -7.99. The number of para-hydroxylation sites is 1. The number of phenolic OH excluding ortho intramolecular Hbond substituents is 1. The molecule has 0 aliphatic carbocycles. The Kier molecular flexibility index (Phi) is 27.0. The van der Waals surface area contributed by atoms with Crippen LogP contribution in [0.15, 0.2) is 85.1 Å². The Morgan fingerprint density at radius 2 is 1.00 bits per heavy atom. The third-order valence-electron chi connectivity index (χ3n) is 13.6. The molecule has 15 N–H and O–H groups in total. The minimum Gasteiger partial charge on any atom is -0.508 e. The van der Waals surface area contributed by atoms with Crippen LogP contribution in [0.2, 0.25) is 0 Å². The first-order chi connectivity index (χ1) is 39.3. The smallest absolute Gasteiger partial charge is 0.325 e. The number of nitrogens with one attached hydrogen (secondary N) is 9. The summed E-state index contributed by atoms with van der Waals surface area (Å²) >= 11 is 1.46. The van der Waals surface area contributed by atoms with Crippen LogP contribution < -0.4 is 54.0 Å². The first kappa shape index (κ1) is 67.5. The number of phenols is 1. The molecule has 1 aromatic heterocycles. The topological polar surface area (TPSA) is 375 Å². The van der Waals surface area contributed by atoms with Gasteiger partial charge in [-0.1, -0.05) is 102 Å². The number of carbonyl (C=O) groups is 10. The van der Waals surface area contributed by atoms with Gasteiger partial charge in [-0.2, -0.15) is 11.8 Å². The second kappa shape index (κ2) is 33.2. The van der Waals surface area contributed by atoms with Crippen molar-refractivity contribution >= 4 is 81.8 Å². The summed E-state index contributed by atoms with van der Waals surface area (Å²) in [6.07, 6.45) is 3.04. The lowest BCUT2D eigenvalue weighted by Gasteiger charge is -2.29. The van der Waals surface area contributed by atoms with Crippen LogP contribution in [-0.2, 0) is 67.2 Å². The van der Waals surface area contributed by atoms with Gasteiger partial charge in [-0.3, -0.25) is 47.9 Å². The van der Waals surface area contributed by atoms with Gasteiger partial charge in [0.2, 0.25) is 53.2 Å². The normalized spacial score (nSPS) is 14.6. The number of benzene rings is 3. The average molecular weight is 1170 g/mol. The predicted octanol–water partition coefficient (Wildman–Crippen LogP) is 1.98. The molecule has 0 unspecified atom stereocenters. The number of aromatic hydroxyl groups is 1. The number of hydrogen-bond donors (Lipinski definition) is 13. The summed E-state index contributed by atoms with van der Waals surface area (Å²) in [7, 11) is 0. The number of rotatable bonds is 34. The Morgan fingerprint density at radius 3 is 1.57 bits per heavy atom. The van der Waals surface area contributed by atoms with E-state index in [1.807, 2.05) is 52.1 Å². The standard InChI is InChI=1S/C59H83N11O12S/c1-32(2)26-41(60)51(73)64-44(24-25-83-8)52(74)66-45(27-33(3)4)55(77)67-46(28-36-14-10-9-11-15-36)57(79)68-47(29-37-18-20-39(71)21-19-37)56(78)65-43(22-23-49(61)72)53(75)70-50(34(5)6)58(80)69-48(54(76)63-35(7)59(81)82)30-38-31-62-42-17-13-12-16-40(38)42/h9-21,31-35,41,43-48,50,62,71H,22-30,60H2,1-8H3,(H2,61,72)(H,63,76)(H,64,73)(H,65,78)(H,66,74)(H,67,77)(H,68,79)(H,69,80)(H,70,75)(H,81,82)/t35-,41-,43-,44-,45-,46-,47-,48-,50-/m0/s1. The lowest BCUT2D eigenvalue weighted by molar-refractivity contribution is -0.142. The molecule has 4 rings (SSSR count). The first-order valence-corrected chi connectivity index (χ1v) is 29.2. The lowest BCUT2D eigenvalue weighted by Crippen LogP contribution is -2.61. The quantitative estimate of drug-likeness (QED) is 0.0318. The highest BCUT2D eigenvalue weighted by Crippen LogP contribution is 2.20. The zero-order valence-electron chi connectivity index (χ0n) is 48.4. The van der Waals surface area contributed by atoms with Crippen molar-refractivity contribution in [3.8, 4) is 5.75 Å². The number of hydrogen-bond acceptors (Lipinski definition) is 13. The van der Waals surface area contributed by atoms with E-state index in [2.05, 4.69) is 47.5 Å². The maximum atomic E-state index is 14.8. The maximum Gasteiger partial charge on any atom is 0.325 e. The molecule has 0 saturated carbocycles. The number of primary amides is 1. The molecule has 0 fully saturated rings.